The molecule has 1 fully saturated rings. The zero-order valence-corrected chi connectivity index (χ0v) is 14.7. The number of pyridine rings is 1. The third-order valence-corrected chi connectivity index (χ3v) is 5.11. The number of fused-ring (bicyclic) bond motifs is 1. The minimum Gasteiger partial charge on any atom is -0.354 e. The second kappa shape index (κ2) is 7.20. The minimum atomic E-state index is -4.38. The number of hydrogen-bond donors (Lipinski definition) is 0. The zero-order valence-electron chi connectivity index (χ0n) is 14.7. The molecule has 1 aliphatic heterocycles. The lowest BCUT2D eigenvalue weighted by Gasteiger charge is -2.39. The molecule has 3 nitrogen and oxygen atoms in total. The summed E-state index contributed by atoms with van der Waals surface area (Å²) in [5.41, 5.74) is -0.203. The van der Waals surface area contributed by atoms with Gasteiger partial charge >= 0.3 is 6.18 Å². The summed E-state index contributed by atoms with van der Waals surface area (Å²) >= 11 is 0. The largest absolute Gasteiger partial charge is 0.417 e. The van der Waals surface area contributed by atoms with Gasteiger partial charge in [-0.3, -0.25) is 4.90 Å². The van der Waals surface area contributed by atoms with Gasteiger partial charge in [0.1, 0.15) is 5.82 Å². The highest BCUT2D eigenvalue weighted by molar-refractivity contribution is 5.84. The van der Waals surface area contributed by atoms with Gasteiger partial charge in [0.05, 0.1) is 11.1 Å². The average Bonchev–Trinajstić information content (AvgIpc) is 2.61. The Balaban J connectivity index is 1.88. The van der Waals surface area contributed by atoms with E-state index in [0.717, 1.165) is 25.9 Å². The van der Waals surface area contributed by atoms with Crippen LogP contribution in [-0.4, -0.2) is 42.1 Å². The lowest BCUT2D eigenvalue weighted by atomic mass is 10.1. The molecule has 0 spiro atoms. The summed E-state index contributed by atoms with van der Waals surface area (Å²) in [7, 11) is 0. The van der Waals surface area contributed by atoms with Gasteiger partial charge in [0.2, 0.25) is 0 Å². The topological polar surface area (TPSA) is 19.4 Å². The van der Waals surface area contributed by atoms with E-state index < -0.39 is 11.7 Å². The molecule has 6 heteroatoms. The molecule has 0 unspecified atom stereocenters. The molecular formula is C19H24F3N3. The quantitative estimate of drug-likeness (QED) is 0.805. The number of para-hydroxylation sites is 1. The van der Waals surface area contributed by atoms with Crippen LogP contribution in [0.1, 0.15) is 32.3 Å². The fourth-order valence-corrected chi connectivity index (χ4v) is 3.68. The number of alkyl halides is 3. The second-order valence-corrected chi connectivity index (χ2v) is 6.54. The number of piperazine rings is 1. The lowest BCUT2D eigenvalue weighted by molar-refractivity contribution is -0.136. The Morgan fingerprint density at radius 3 is 2.28 bits per heavy atom. The number of hydrogen-bond acceptors (Lipinski definition) is 3. The van der Waals surface area contributed by atoms with Crippen LogP contribution in [0, 0.1) is 0 Å². The Bertz CT molecular complexity index is 717. The number of halogens is 3. The number of rotatable bonds is 4. The fraction of sp³-hybridized carbons (Fsp3) is 0.526. The molecule has 1 aliphatic rings. The van der Waals surface area contributed by atoms with Crippen molar-refractivity contribution in [3.05, 3.63) is 35.9 Å². The van der Waals surface area contributed by atoms with Gasteiger partial charge in [-0.15, -0.1) is 0 Å². The van der Waals surface area contributed by atoms with Crippen LogP contribution in [0.4, 0.5) is 19.0 Å². The van der Waals surface area contributed by atoms with Crippen LogP contribution in [0.15, 0.2) is 30.3 Å². The van der Waals surface area contributed by atoms with Gasteiger partial charge in [0, 0.05) is 37.6 Å². The van der Waals surface area contributed by atoms with Crippen molar-refractivity contribution in [1.29, 1.82) is 0 Å². The van der Waals surface area contributed by atoms with E-state index in [2.05, 4.69) is 23.7 Å². The van der Waals surface area contributed by atoms with Crippen molar-refractivity contribution >= 4 is 16.7 Å². The Hall–Kier alpha value is -1.82. The summed E-state index contributed by atoms with van der Waals surface area (Å²) in [5.74, 6) is 0.426. The molecule has 0 saturated carbocycles. The summed E-state index contributed by atoms with van der Waals surface area (Å²) in [4.78, 5) is 8.90. The predicted octanol–water partition coefficient (Wildman–Crippen LogP) is 4.56. The Kier molecular flexibility index (Phi) is 5.18. The van der Waals surface area contributed by atoms with Crippen LogP contribution in [0.2, 0.25) is 0 Å². The van der Waals surface area contributed by atoms with Crippen LogP contribution >= 0.6 is 0 Å². The molecule has 0 aliphatic carbocycles. The molecule has 2 aromatic rings. The van der Waals surface area contributed by atoms with Gasteiger partial charge in [-0.25, -0.2) is 4.98 Å². The van der Waals surface area contributed by atoms with Crippen LogP contribution in [0.5, 0.6) is 0 Å². The Labute approximate surface area is 146 Å². The highest BCUT2D eigenvalue weighted by atomic mass is 19.4. The van der Waals surface area contributed by atoms with Gasteiger partial charge in [-0.2, -0.15) is 13.2 Å². The molecule has 1 aromatic heterocycles. The van der Waals surface area contributed by atoms with Crippen LogP contribution < -0.4 is 4.90 Å². The van der Waals surface area contributed by atoms with Gasteiger partial charge in [0.25, 0.3) is 0 Å². The first-order valence-corrected chi connectivity index (χ1v) is 8.90. The summed E-state index contributed by atoms with van der Waals surface area (Å²) in [5, 5.41) is 0.161. The molecule has 0 bridgehead atoms. The molecule has 136 valence electrons. The van der Waals surface area contributed by atoms with E-state index in [9.17, 15) is 13.2 Å². The zero-order chi connectivity index (χ0) is 18.0. The first-order valence-electron chi connectivity index (χ1n) is 8.90. The lowest BCUT2D eigenvalue weighted by Crippen LogP contribution is -2.50. The van der Waals surface area contributed by atoms with E-state index in [4.69, 9.17) is 0 Å². The number of nitrogens with zero attached hydrogens (tertiary/aromatic N) is 3. The Morgan fingerprint density at radius 1 is 1.04 bits per heavy atom. The van der Waals surface area contributed by atoms with Crippen LogP contribution in [0.25, 0.3) is 10.9 Å². The van der Waals surface area contributed by atoms with Crippen molar-refractivity contribution in [3.8, 4) is 0 Å². The molecule has 2 heterocycles. The molecule has 1 saturated heterocycles. The van der Waals surface area contributed by atoms with Crippen molar-refractivity contribution in [3.63, 3.8) is 0 Å². The molecule has 3 rings (SSSR count). The third kappa shape index (κ3) is 3.73. The summed E-state index contributed by atoms with van der Waals surface area (Å²) in [6.45, 7) is 7.50. The van der Waals surface area contributed by atoms with Crippen molar-refractivity contribution < 1.29 is 13.2 Å². The summed E-state index contributed by atoms with van der Waals surface area (Å²) in [6.07, 6.45) is -2.18. The van der Waals surface area contributed by atoms with Crippen molar-refractivity contribution in [1.82, 2.24) is 9.88 Å². The van der Waals surface area contributed by atoms with Crippen molar-refractivity contribution in [2.75, 3.05) is 31.1 Å². The third-order valence-electron chi connectivity index (χ3n) is 5.11. The second-order valence-electron chi connectivity index (χ2n) is 6.54. The van der Waals surface area contributed by atoms with E-state index in [1.165, 1.54) is 12.1 Å². The maximum absolute atomic E-state index is 13.5. The molecule has 25 heavy (non-hydrogen) atoms. The normalized spacial score (nSPS) is 16.8. The van der Waals surface area contributed by atoms with E-state index in [0.29, 0.717) is 30.5 Å². The molecule has 0 radical (unpaired) electrons. The maximum atomic E-state index is 13.5. The van der Waals surface area contributed by atoms with E-state index in [1.54, 1.807) is 18.2 Å². The maximum Gasteiger partial charge on any atom is 0.417 e. The molecule has 0 amide bonds. The number of aromatic nitrogens is 1. The van der Waals surface area contributed by atoms with Crippen molar-refractivity contribution in [2.45, 2.75) is 38.9 Å². The Morgan fingerprint density at radius 2 is 1.68 bits per heavy atom. The SMILES string of the molecule is CCC(CC)N1CCN(c2cc(C(F)(F)F)c3ccccc3n2)CC1. The molecule has 1 aromatic carbocycles. The molecule has 0 atom stereocenters. The van der Waals surface area contributed by atoms with Crippen LogP contribution in [0.3, 0.4) is 0 Å². The smallest absolute Gasteiger partial charge is 0.354 e. The van der Waals surface area contributed by atoms with Gasteiger partial charge in [0.15, 0.2) is 0 Å². The number of benzene rings is 1. The van der Waals surface area contributed by atoms with Crippen molar-refractivity contribution in [2.24, 2.45) is 0 Å². The highest BCUT2D eigenvalue weighted by Crippen LogP contribution is 2.36. The predicted molar refractivity (Wildman–Crippen MR) is 94.9 cm³/mol. The summed E-state index contributed by atoms with van der Waals surface area (Å²) < 4.78 is 40.4. The monoisotopic (exact) mass is 351 g/mol. The van der Waals surface area contributed by atoms with Gasteiger partial charge in [-0.05, 0) is 25.0 Å². The van der Waals surface area contributed by atoms with Gasteiger partial charge < -0.3 is 4.90 Å². The first kappa shape index (κ1) is 18.0. The first-order chi connectivity index (χ1) is 11.9. The number of anilines is 1. The molecule has 0 N–H and O–H groups in total. The van der Waals surface area contributed by atoms with E-state index in [-0.39, 0.29) is 5.39 Å². The van der Waals surface area contributed by atoms with E-state index in [1.807, 2.05) is 4.90 Å². The standard InChI is InChI=1S/C19H24F3N3/c1-3-14(4-2)24-9-11-25(12-10-24)18-13-16(19(20,21)22)15-7-5-6-8-17(15)23-18/h5-8,13-14H,3-4,9-12H2,1-2H3. The average molecular weight is 351 g/mol. The summed E-state index contributed by atoms with van der Waals surface area (Å²) in [6, 6.07) is 8.23. The fourth-order valence-electron chi connectivity index (χ4n) is 3.68. The highest BCUT2D eigenvalue weighted by Gasteiger charge is 2.34. The minimum absolute atomic E-state index is 0.161. The van der Waals surface area contributed by atoms with E-state index >= 15 is 0 Å². The van der Waals surface area contributed by atoms with Crippen LogP contribution in [-0.2, 0) is 6.18 Å². The molecular weight excluding hydrogens is 327 g/mol. The van der Waals surface area contributed by atoms with Gasteiger partial charge in [-0.1, -0.05) is 32.0 Å².